The lowest BCUT2D eigenvalue weighted by Gasteiger charge is -2.08. The van der Waals surface area contributed by atoms with Gasteiger partial charge in [0, 0.05) is 16.8 Å². The molecule has 0 fully saturated rings. The first-order valence-corrected chi connectivity index (χ1v) is 5.92. The molecule has 0 radical (unpaired) electrons. The van der Waals surface area contributed by atoms with Crippen LogP contribution in [0.3, 0.4) is 0 Å². The molecule has 3 nitrogen and oxygen atoms in total. The Labute approximate surface area is 110 Å². The summed E-state index contributed by atoms with van der Waals surface area (Å²) >= 11 is 6.22. The molecule has 3 rings (SSSR count). The lowest BCUT2D eigenvalue weighted by Crippen LogP contribution is -1.95. The van der Waals surface area contributed by atoms with Crippen LogP contribution in [0.2, 0.25) is 5.02 Å². The second kappa shape index (κ2) is 4.63. The van der Waals surface area contributed by atoms with Gasteiger partial charge in [-0.05, 0) is 18.2 Å². The fourth-order valence-electron chi connectivity index (χ4n) is 1.87. The van der Waals surface area contributed by atoms with Gasteiger partial charge in [0.25, 0.3) is 0 Å². The zero-order chi connectivity index (χ0) is 12.4. The normalized spacial score (nSPS) is 10.5. The first-order chi connectivity index (χ1) is 8.86. The van der Waals surface area contributed by atoms with Crippen LogP contribution in [0.1, 0.15) is 0 Å². The third kappa shape index (κ3) is 1.89. The maximum Gasteiger partial charge on any atom is 0.0997 e. The number of aromatic nitrogens is 3. The topological polar surface area (TPSA) is 30.7 Å². The second-order valence-corrected chi connectivity index (χ2v) is 4.25. The third-order valence-corrected chi connectivity index (χ3v) is 3.04. The Balaban J connectivity index is 2.16. The lowest BCUT2D eigenvalue weighted by molar-refractivity contribution is 1.04. The van der Waals surface area contributed by atoms with E-state index in [9.17, 15) is 0 Å². The molecule has 0 saturated carbocycles. The van der Waals surface area contributed by atoms with Crippen LogP contribution < -0.4 is 0 Å². The van der Waals surface area contributed by atoms with Crippen LogP contribution in [0.5, 0.6) is 0 Å². The summed E-state index contributed by atoms with van der Waals surface area (Å²) in [5, 5.41) is 0.711. The third-order valence-electron chi connectivity index (χ3n) is 2.71. The van der Waals surface area contributed by atoms with Gasteiger partial charge >= 0.3 is 0 Å². The largest absolute Gasteiger partial charge is 0.297 e. The molecule has 2 heterocycles. The highest BCUT2D eigenvalue weighted by Gasteiger charge is 2.09. The van der Waals surface area contributed by atoms with Crippen LogP contribution in [0.4, 0.5) is 0 Å². The van der Waals surface area contributed by atoms with Crippen LogP contribution in [-0.4, -0.2) is 14.5 Å². The fraction of sp³-hybridized carbons (Fsp3) is 0. The van der Waals surface area contributed by atoms with Crippen LogP contribution in [-0.2, 0) is 0 Å². The van der Waals surface area contributed by atoms with Gasteiger partial charge in [-0.2, -0.15) is 0 Å². The van der Waals surface area contributed by atoms with E-state index in [2.05, 4.69) is 9.97 Å². The average molecular weight is 256 g/mol. The van der Waals surface area contributed by atoms with E-state index >= 15 is 0 Å². The highest BCUT2D eigenvalue weighted by molar-refractivity contribution is 6.33. The summed E-state index contributed by atoms with van der Waals surface area (Å²) in [6.07, 6.45) is 7.10. The minimum Gasteiger partial charge on any atom is -0.297 e. The van der Waals surface area contributed by atoms with Gasteiger partial charge in [-0.25, -0.2) is 4.98 Å². The average Bonchev–Trinajstić information content (AvgIpc) is 2.89. The van der Waals surface area contributed by atoms with Crippen molar-refractivity contribution in [3.63, 3.8) is 0 Å². The van der Waals surface area contributed by atoms with E-state index in [0.717, 1.165) is 16.9 Å². The van der Waals surface area contributed by atoms with E-state index in [1.54, 1.807) is 24.9 Å². The molecule has 4 heteroatoms. The van der Waals surface area contributed by atoms with Crippen molar-refractivity contribution in [2.75, 3.05) is 0 Å². The molecule has 0 bridgehead atoms. The SMILES string of the molecule is Clc1ccccc1-c1cncn1-c1cccnc1. The molecule has 0 aliphatic rings. The van der Waals surface area contributed by atoms with Gasteiger partial charge in [-0.3, -0.25) is 9.55 Å². The van der Waals surface area contributed by atoms with Gasteiger partial charge in [0.1, 0.15) is 0 Å². The van der Waals surface area contributed by atoms with E-state index in [0.29, 0.717) is 5.02 Å². The molecule has 0 atom stereocenters. The van der Waals surface area contributed by atoms with Crippen LogP contribution >= 0.6 is 11.6 Å². The van der Waals surface area contributed by atoms with Gasteiger partial charge in [0.05, 0.1) is 30.1 Å². The molecule has 0 amide bonds. The minimum absolute atomic E-state index is 0.711. The maximum absolute atomic E-state index is 6.22. The zero-order valence-corrected chi connectivity index (χ0v) is 10.2. The van der Waals surface area contributed by atoms with Crippen molar-refractivity contribution in [1.82, 2.24) is 14.5 Å². The molecule has 0 saturated heterocycles. The number of pyridine rings is 1. The molecular formula is C14H10ClN3. The second-order valence-electron chi connectivity index (χ2n) is 3.84. The highest BCUT2D eigenvalue weighted by atomic mass is 35.5. The van der Waals surface area contributed by atoms with Crippen molar-refractivity contribution < 1.29 is 0 Å². The summed E-state index contributed by atoms with van der Waals surface area (Å²) < 4.78 is 1.97. The van der Waals surface area contributed by atoms with Crippen molar-refractivity contribution >= 4 is 11.6 Å². The number of hydrogen-bond donors (Lipinski definition) is 0. The number of nitrogens with zero attached hydrogens (tertiary/aromatic N) is 3. The van der Waals surface area contributed by atoms with Gasteiger partial charge < -0.3 is 0 Å². The van der Waals surface area contributed by atoms with Crippen molar-refractivity contribution in [2.24, 2.45) is 0 Å². The Morgan fingerprint density at radius 3 is 2.61 bits per heavy atom. The van der Waals surface area contributed by atoms with Gasteiger partial charge in [0.15, 0.2) is 0 Å². The molecule has 0 spiro atoms. The smallest absolute Gasteiger partial charge is 0.0997 e. The van der Waals surface area contributed by atoms with E-state index < -0.39 is 0 Å². The molecule has 0 aliphatic heterocycles. The predicted octanol–water partition coefficient (Wildman–Crippen LogP) is 3.59. The molecule has 18 heavy (non-hydrogen) atoms. The Bertz CT molecular complexity index is 662. The van der Waals surface area contributed by atoms with Crippen molar-refractivity contribution in [1.29, 1.82) is 0 Å². The lowest BCUT2D eigenvalue weighted by atomic mass is 10.1. The van der Waals surface area contributed by atoms with E-state index in [1.165, 1.54) is 0 Å². The molecule has 3 aromatic rings. The van der Waals surface area contributed by atoms with Crippen molar-refractivity contribution in [3.8, 4) is 16.9 Å². The molecule has 2 aromatic heterocycles. The van der Waals surface area contributed by atoms with Gasteiger partial charge in [0.2, 0.25) is 0 Å². The fourth-order valence-corrected chi connectivity index (χ4v) is 2.10. The molecule has 1 aromatic carbocycles. The summed E-state index contributed by atoms with van der Waals surface area (Å²) in [6, 6.07) is 11.6. The van der Waals surface area contributed by atoms with Crippen molar-refractivity contribution in [3.05, 3.63) is 66.3 Å². The van der Waals surface area contributed by atoms with E-state index in [-0.39, 0.29) is 0 Å². The molecule has 0 unspecified atom stereocenters. The predicted molar refractivity (Wildman–Crippen MR) is 71.8 cm³/mol. The minimum atomic E-state index is 0.711. The number of hydrogen-bond acceptors (Lipinski definition) is 2. The Morgan fingerprint density at radius 2 is 1.83 bits per heavy atom. The van der Waals surface area contributed by atoms with E-state index in [4.69, 9.17) is 11.6 Å². The quantitative estimate of drug-likeness (QED) is 0.701. The van der Waals surface area contributed by atoms with Crippen LogP contribution in [0, 0.1) is 0 Å². The molecule has 0 aliphatic carbocycles. The number of halogens is 1. The monoisotopic (exact) mass is 255 g/mol. The van der Waals surface area contributed by atoms with E-state index in [1.807, 2.05) is 41.0 Å². The van der Waals surface area contributed by atoms with Gasteiger partial charge in [-0.1, -0.05) is 29.8 Å². The number of benzene rings is 1. The highest BCUT2D eigenvalue weighted by Crippen LogP contribution is 2.28. The first-order valence-electron chi connectivity index (χ1n) is 5.54. The Kier molecular flexibility index (Phi) is 2.82. The van der Waals surface area contributed by atoms with Crippen LogP contribution in [0.25, 0.3) is 16.9 Å². The maximum atomic E-state index is 6.22. The summed E-state index contributed by atoms with van der Waals surface area (Å²) in [5.74, 6) is 0. The van der Waals surface area contributed by atoms with Gasteiger partial charge in [-0.15, -0.1) is 0 Å². The molecule has 88 valence electrons. The Hall–Kier alpha value is -2.13. The Morgan fingerprint density at radius 1 is 0.944 bits per heavy atom. The summed E-state index contributed by atoms with van der Waals surface area (Å²) in [7, 11) is 0. The van der Waals surface area contributed by atoms with Crippen molar-refractivity contribution in [2.45, 2.75) is 0 Å². The number of imidazole rings is 1. The molecule has 0 N–H and O–H groups in total. The first kappa shape index (κ1) is 11.0. The zero-order valence-electron chi connectivity index (χ0n) is 9.49. The molecular weight excluding hydrogens is 246 g/mol. The summed E-state index contributed by atoms with van der Waals surface area (Å²) in [4.78, 5) is 8.31. The summed E-state index contributed by atoms with van der Waals surface area (Å²) in [5.41, 5.74) is 2.87. The van der Waals surface area contributed by atoms with Crippen LogP contribution in [0.15, 0.2) is 61.3 Å². The summed E-state index contributed by atoms with van der Waals surface area (Å²) in [6.45, 7) is 0. The number of rotatable bonds is 2. The standard InChI is InChI=1S/C14H10ClN3/c15-13-6-2-1-5-12(13)14-9-17-10-18(14)11-4-3-7-16-8-11/h1-10H.